The van der Waals surface area contributed by atoms with Crippen molar-refractivity contribution in [2.24, 2.45) is 7.05 Å². The third-order valence-electron chi connectivity index (χ3n) is 4.09. The molecule has 2 rings (SSSR count). The van der Waals surface area contributed by atoms with E-state index in [1.54, 1.807) is 0 Å². The van der Waals surface area contributed by atoms with Crippen molar-refractivity contribution in [1.82, 2.24) is 20.0 Å². The highest BCUT2D eigenvalue weighted by molar-refractivity contribution is 5.48. The largest absolute Gasteiger partial charge is 0.390 e. The fourth-order valence-electron chi connectivity index (χ4n) is 3.15. The van der Waals surface area contributed by atoms with Crippen molar-refractivity contribution >= 4 is 5.82 Å². The van der Waals surface area contributed by atoms with Gasteiger partial charge in [-0.2, -0.15) is 5.10 Å². The highest BCUT2D eigenvalue weighted by atomic mass is 16.3. The fourth-order valence-corrected chi connectivity index (χ4v) is 3.15. The Morgan fingerprint density at radius 2 is 2.00 bits per heavy atom. The number of β-amino-alcohol motifs (C(OH)–C–C–N with tert-alkyl or cyclic N) is 1. The van der Waals surface area contributed by atoms with Crippen LogP contribution in [0.4, 0.5) is 5.82 Å². The molecule has 1 aliphatic rings. The molecular weight excluding hydrogens is 266 g/mol. The Kier molecular flexibility index (Phi) is 5.61. The first-order chi connectivity index (χ1) is 9.99. The van der Waals surface area contributed by atoms with E-state index in [4.69, 9.17) is 0 Å². The van der Waals surface area contributed by atoms with E-state index in [-0.39, 0.29) is 6.10 Å². The van der Waals surface area contributed by atoms with Crippen LogP contribution in [0.5, 0.6) is 0 Å². The van der Waals surface area contributed by atoms with Crippen LogP contribution in [0.25, 0.3) is 0 Å². The molecule has 6 heteroatoms. The Hall–Kier alpha value is -1.11. The molecule has 1 aromatic rings. The van der Waals surface area contributed by atoms with Crippen molar-refractivity contribution in [1.29, 1.82) is 0 Å². The van der Waals surface area contributed by atoms with Crippen LogP contribution in [0.1, 0.15) is 24.1 Å². The fraction of sp³-hybridized carbons (Fsp3) is 0.800. The average molecular weight is 295 g/mol. The monoisotopic (exact) mass is 295 g/mol. The highest BCUT2D eigenvalue weighted by Gasteiger charge is 2.17. The van der Waals surface area contributed by atoms with Crippen LogP contribution in [0.15, 0.2) is 0 Å². The standard InChI is InChI=1S/C15H29N5O/c1-12-14(15(18(2)3)19(4)17-12)10-16-9-13(21)11-20-7-5-6-8-20/h13,16,21H,5-11H2,1-4H3/t13-/m1/s1. The number of aliphatic hydroxyl groups excluding tert-OH is 1. The summed E-state index contributed by atoms with van der Waals surface area (Å²) in [6.45, 7) is 6.43. The lowest BCUT2D eigenvalue weighted by Crippen LogP contribution is -2.37. The van der Waals surface area contributed by atoms with Gasteiger partial charge >= 0.3 is 0 Å². The lowest BCUT2D eigenvalue weighted by Gasteiger charge is -2.20. The molecule has 0 aromatic carbocycles. The zero-order valence-electron chi connectivity index (χ0n) is 13.8. The third-order valence-corrected chi connectivity index (χ3v) is 4.09. The number of hydrogen-bond acceptors (Lipinski definition) is 5. The maximum atomic E-state index is 10.1. The molecule has 0 saturated carbocycles. The molecule has 1 saturated heterocycles. The van der Waals surface area contributed by atoms with Crippen molar-refractivity contribution in [2.75, 3.05) is 45.2 Å². The third kappa shape index (κ3) is 4.18. The van der Waals surface area contributed by atoms with Gasteiger partial charge in [-0.1, -0.05) is 0 Å². The summed E-state index contributed by atoms with van der Waals surface area (Å²) in [5.41, 5.74) is 2.25. The first-order valence-corrected chi connectivity index (χ1v) is 7.80. The number of likely N-dealkylation sites (tertiary alicyclic amines) is 1. The highest BCUT2D eigenvalue weighted by Crippen LogP contribution is 2.20. The Morgan fingerprint density at radius 1 is 1.33 bits per heavy atom. The van der Waals surface area contributed by atoms with Gasteiger partial charge in [0, 0.05) is 46.3 Å². The van der Waals surface area contributed by atoms with E-state index in [1.165, 1.54) is 18.4 Å². The van der Waals surface area contributed by atoms with Gasteiger partial charge < -0.3 is 20.2 Å². The number of nitrogens with zero attached hydrogens (tertiary/aromatic N) is 4. The van der Waals surface area contributed by atoms with Gasteiger partial charge in [-0.3, -0.25) is 4.68 Å². The van der Waals surface area contributed by atoms with E-state index in [9.17, 15) is 5.11 Å². The van der Waals surface area contributed by atoms with E-state index in [2.05, 4.69) is 20.2 Å². The van der Waals surface area contributed by atoms with E-state index < -0.39 is 0 Å². The number of anilines is 1. The number of aromatic nitrogens is 2. The second-order valence-corrected chi connectivity index (χ2v) is 6.20. The topological polar surface area (TPSA) is 56.6 Å². The number of aliphatic hydroxyl groups is 1. The van der Waals surface area contributed by atoms with Gasteiger partial charge in [0.05, 0.1) is 11.8 Å². The molecule has 2 N–H and O–H groups in total. The van der Waals surface area contributed by atoms with Gasteiger partial charge in [0.15, 0.2) is 0 Å². The van der Waals surface area contributed by atoms with Crippen molar-refractivity contribution in [3.63, 3.8) is 0 Å². The molecule has 0 radical (unpaired) electrons. The molecule has 0 spiro atoms. The molecule has 21 heavy (non-hydrogen) atoms. The second-order valence-electron chi connectivity index (χ2n) is 6.20. The first kappa shape index (κ1) is 16.3. The average Bonchev–Trinajstić information content (AvgIpc) is 2.98. The molecular formula is C15H29N5O. The van der Waals surface area contributed by atoms with E-state index in [0.29, 0.717) is 6.54 Å². The van der Waals surface area contributed by atoms with E-state index in [1.807, 2.05) is 32.7 Å². The van der Waals surface area contributed by atoms with Crippen LogP contribution < -0.4 is 10.2 Å². The molecule has 2 heterocycles. The Morgan fingerprint density at radius 3 is 2.62 bits per heavy atom. The van der Waals surface area contributed by atoms with Crippen LogP contribution in [0.2, 0.25) is 0 Å². The summed E-state index contributed by atoms with van der Waals surface area (Å²) < 4.78 is 1.91. The molecule has 120 valence electrons. The Labute approximate surface area is 127 Å². The predicted octanol–water partition coefficient (Wildman–Crippen LogP) is 0.341. The number of hydrogen-bond donors (Lipinski definition) is 2. The Bertz CT molecular complexity index is 451. The van der Waals surface area contributed by atoms with Crippen LogP contribution >= 0.6 is 0 Å². The minimum absolute atomic E-state index is 0.303. The van der Waals surface area contributed by atoms with Crippen molar-refractivity contribution in [3.05, 3.63) is 11.3 Å². The van der Waals surface area contributed by atoms with Gasteiger partial charge in [0.25, 0.3) is 0 Å². The second kappa shape index (κ2) is 7.24. The molecule has 0 unspecified atom stereocenters. The zero-order valence-corrected chi connectivity index (χ0v) is 13.8. The lowest BCUT2D eigenvalue weighted by atomic mass is 10.2. The minimum Gasteiger partial charge on any atom is -0.390 e. The van der Waals surface area contributed by atoms with Gasteiger partial charge in [-0.25, -0.2) is 0 Å². The normalized spacial score (nSPS) is 17.4. The van der Waals surface area contributed by atoms with Crippen LogP contribution in [0.3, 0.4) is 0 Å². The quantitative estimate of drug-likeness (QED) is 0.760. The summed E-state index contributed by atoms with van der Waals surface area (Å²) in [5, 5.41) is 18.0. The summed E-state index contributed by atoms with van der Waals surface area (Å²) in [6.07, 6.45) is 2.23. The summed E-state index contributed by atoms with van der Waals surface area (Å²) in [7, 11) is 6.03. The maximum Gasteiger partial charge on any atom is 0.130 e. The number of nitrogens with one attached hydrogen (secondary N) is 1. The number of aryl methyl sites for hydroxylation is 2. The van der Waals surface area contributed by atoms with Crippen molar-refractivity contribution in [3.8, 4) is 0 Å². The summed E-state index contributed by atoms with van der Waals surface area (Å²) >= 11 is 0. The smallest absolute Gasteiger partial charge is 0.130 e. The predicted molar refractivity (Wildman–Crippen MR) is 85.7 cm³/mol. The molecule has 0 amide bonds. The lowest BCUT2D eigenvalue weighted by molar-refractivity contribution is 0.123. The summed E-state index contributed by atoms with van der Waals surface area (Å²) in [4.78, 5) is 4.42. The number of rotatable bonds is 7. The van der Waals surface area contributed by atoms with Crippen molar-refractivity contribution < 1.29 is 5.11 Å². The molecule has 1 fully saturated rings. The summed E-state index contributed by atoms with van der Waals surface area (Å²) in [5.74, 6) is 1.12. The van der Waals surface area contributed by atoms with Gasteiger partial charge in [0.1, 0.15) is 5.82 Å². The first-order valence-electron chi connectivity index (χ1n) is 7.80. The molecule has 1 aromatic heterocycles. The molecule has 1 atom stereocenters. The Balaban J connectivity index is 1.82. The van der Waals surface area contributed by atoms with Gasteiger partial charge in [0.2, 0.25) is 0 Å². The van der Waals surface area contributed by atoms with Crippen LogP contribution in [-0.2, 0) is 13.6 Å². The zero-order chi connectivity index (χ0) is 15.4. The van der Waals surface area contributed by atoms with Crippen LogP contribution in [0, 0.1) is 6.92 Å². The molecule has 1 aliphatic heterocycles. The maximum absolute atomic E-state index is 10.1. The van der Waals surface area contributed by atoms with E-state index >= 15 is 0 Å². The molecule has 0 aliphatic carbocycles. The van der Waals surface area contributed by atoms with Crippen LogP contribution in [-0.4, -0.2) is 66.2 Å². The van der Waals surface area contributed by atoms with Crippen molar-refractivity contribution in [2.45, 2.75) is 32.4 Å². The SMILES string of the molecule is Cc1nn(C)c(N(C)C)c1CNC[C@@H](O)CN1CCCC1. The minimum atomic E-state index is -0.303. The molecule has 6 nitrogen and oxygen atoms in total. The van der Waals surface area contributed by atoms with E-state index in [0.717, 1.165) is 37.7 Å². The van der Waals surface area contributed by atoms with Gasteiger partial charge in [-0.05, 0) is 32.9 Å². The summed E-state index contributed by atoms with van der Waals surface area (Å²) in [6, 6.07) is 0. The molecule has 0 bridgehead atoms. The van der Waals surface area contributed by atoms with Gasteiger partial charge in [-0.15, -0.1) is 0 Å².